The van der Waals surface area contributed by atoms with Gasteiger partial charge in [0.25, 0.3) is 0 Å². The van der Waals surface area contributed by atoms with E-state index < -0.39 is 0 Å². The van der Waals surface area contributed by atoms with Crippen molar-refractivity contribution >= 4 is 6.03 Å². The molecule has 3 heterocycles. The molecule has 0 aromatic rings. The SMILES string of the molecule is CN1CCCC(C2CN(C3CCNCC3)C(=O)N2)C1. The minimum atomic E-state index is 0.171. The van der Waals surface area contributed by atoms with Gasteiger partial charge in [0.15, 0.2) is 0 Å². The molecule has 2 N–H and O–H groups in total. The van der Waals surface area contributed by atoms with Crippen molar-refractivity contribution in [1.82, 2.24) is 20.4 Å². The highest BCUT2D eigenvalue weighted by atomic mass is 16.2. The van der Waals surface area contributed by atoms with Crippen LogP contribution < -0.4 is 10.6 Å². The molecule has 0 radical (unpaired) electrons. The number of nitrogens with zero attached hydrogens (tertiary/aromatic N) is 2. The highest BCUT2D eigenvalue weighted by molar-refractivity contribution is 5.77. The third-order valence-electron chi connectivity index (χ3n) is 4.94. The van der Waals surface area contributed by atoms with E-state index in [0.717, 1.165) is 39.0 Å². The number of rotatable bonds is 2. The van der Waals surface area contributed by atoms with E-state index in [1.165, 1.54) is 19.4 Å². The average molecular weight is 266 g/mol. The van der Waals surface area contributed by atoms with Crippen molar-refractivity contribution in [2.24, 2.45) is 5.92 Å². The Morgan fingerprint density at radius 2 is 1.95 bits per heavy atom. The van der Waals surface area contributed by atoms with Gasteiger partial charge < -0.3 is 20.4 Å². The molecular formula is C14H26N4O. The molecule has 0 aromatic carbocycles. The molecule has 3 fully saturated rings. The Labute approximate surface area is 115 Å². The highest BCUT2D eigenvalue weighted by Crippen LogP contribution is 2.25. The maximum absolute atomic E-state index is 12.2. The van der Waals surface area contributed by atoms with Crippen LogP contribution in [0.15, 0.2) is 0 Å². The Balaban J connectivity index is 1.59. The molecule has 0 bridgehead atoms. The van der Waals surface area contributed by atoms with Crippen LogP contribution in [0.4, 0.5) is 4.79 Å². The fraction of sp³-hybridized carbons (Fsp3) is 0.929. The van der Waals surface area contributed by atoms with Crippen molar-refractivity contribution in [2.45, 2.75) is 37.8 Å². The standard InChI is InChI=1S/C14H26N4O/c1-17-8-2-3-11(9-17)13-10-18(14(19)16-13)12-4-6-15-7-5-12/h11-13,15H,2-10H2,1H3,(H,16,19). The van der Waals surface area contributed by atoms with E-state index in [0.29, 0.717) is 18.0 Å². The molecule has 3 saturated heterocycles. The minimum Gasteiger partial charge on any atom is -0.333 e. The van der Waals surface area contributed by atoms with Crippen LogP contribution in [0.5, 0.6) is 0 Å². The van der Waals surface area contributed by atoms with Crippen LogP contribution in [-0.2, 0) is 0 Å². The summed E-state index contributed by atoms with van der Waals surface area (Å²) in [6.45, 7) is 5.35. The lowest BCUT2D eigenvalue weighted by Gasteiger charge is -2.34. The number of hydrogen-bond donors (Lipinski definition) is 2. The van der Waals surface area contributed by atoms with Crippen LogP contribution in [0.3, 0.4) is 0 Å². The summed E-state index contributed by atoms with van der Waals surface area (Å²) in [5.41, 5.74) is 0. The number of carbonyl (C=O) groups excluding carboxylic acids is 1. The van der Waals surface area contributed by atoms with Gasteiger partial charge in [-0.2, -0.15) is 0 Å². The summed E-state index contributed by atoms with van der Waals surface area (Å²) in [4.78, 5) is 16.7. The average Bonchev–Trinajstić information content (AvgIpc) is 2.82. The second kappa shape index (κ2) is 5.67. The molecule has 0 spiro atoms. The normalized spacial score (nSPS) is 34.6. The first-order chi connectivity index (χ1) is 9.24. The van der Waals surface area contributed by atoms with Crippen LogP contribution in [-0.4, -0.2) is 67.7 Å². The summed E-state index contributed by atoms with van der Waals surface area (Å²) in [7, 11) is 2.19. The maximum Gasteiger partial charge on any atom is 0.318 e. The zero-order chi connectivity index (χ0) is 13.2. The molecule has 0 aliphatic carbocycles. The fourth-order valence-electron chi connectivity index (χ4n) is 3.82. The van der Waals surface area contributed by atoms with Gasteiger partial charge in [-0.25, -0.2) is 4.79 Å². The van der Waals surface area contributed by atoms with E-state index >= 15 is 0 Å². The first-order valence-electron chi connectivity index (χ1n) is 7.70. The largest absolute Gasteiger partial charge is 0.333 e. The molecule has 0 aromatic heterocycles. The van der Waals surface area contributed by atoms with Gasteiger partial charge in [0.05, 0.1) is 6.04 Å². The van der Waals surface area contributed by atoms with Crippen LogP contribution >= 0.6 is 0 Å². The lowest BCUT2D eigenvalue weighted by molar-refractivity contribution is 0.166. The Morgan fingerprint density at radius 1 is 1.16 bits per heavy atom. The van der Waals surface area contributed by atoms with Gasteiger partial charge in [-0.15, -0.1) is 0 Å². The van der Waals surface area contributed by atoms with E-state index in [1.807, 2.05) is 0 Å². The van der Waals surface area contributed by atoms with Gasteiger partial charge in [0.2, 0.25) is 0 Å². The second-order valence-corrected chi connectivity index (χ2v) is 6.35. The van der Waals surface area contributed by atoms with Crippen molar-refractivity contribution in [2.75, 3.05) is 39.8 Å². The maximum atomic E-state index is 12.2. The van der Waals surface area contributed by atoms with Crippen molar-refractivity contribution in [3.05, 3.63) is 0 Å². The lowest BCUT2D eigenvalue weighted by atomic mass is 9.91. The first kappa shape index (κ1) is 13.2. The molecule has 5 heteroatoms. The second-order valence-electron chi connectivity index (χ2n) is 6.35. The molecule has 2 amide bonds. The summed E-state index contributed by atoms with van der Waals surface area (Å²) < 4.78 is 0. The van der Waals surface area contributed by atoms with Crippen molar-refractivity contribution in [3.63, 3.8) is 0 Å². The number of piperidine rings is 2. The Hall–Kier alpha value is -0.810. The zero-order valence-electron chi connectivity index (χ0n) is 11.9. The highest BCUT2D eigenvalue weighted by Gasteiger charge is 2.38. The Morgan fingerprint density at radius 3 is 2.68 bits per heavy atom. The van der Waals surface area contributed by atoms with Crippen LogP contribution in [0.1, 0.15) is 25.7 Å². The molecule has 108 valence electrons. The van der Waals surface area contributed by atoms with Gasteiger partial charge >= 0.3 is 6.03 Å². The zero-order valence-corrected chi connectivity index (χ0v) is 11.9. The van der Waals surface area contributed by atoms with Gasteiger partial charge in [-0.3, -0.25) is 0 Å². The van der Waals surface area contributed by atoms with E-state index in [2.05, 4.69) is 27.5 Å². The van der Waals surface area contributed by atoms with Gasteiger partial charge in [0, 0.05) is 19.1 Å². The number of amides is 2. The molecule has 3 aliphatic rings. The van der Waals surface area contributed by atoms with E-state index in [9.17, 15) is 4.79 Å². The predicted molar refractivity (Wildman–Crippen MR) is 75.1 cm³/mol. The quantitative estimate of drug-likeness (QED) is 0.764. The van der Waals surface area contributed by atoms with E-state index in [1.54, 1.807) is 0 Å². The molecule has 19 heavy (non-hydrogen) atoms. The fourth-order valence-corrected chi connectivity index (χ4v) is 3.82. The smallest absolute Gasteiger partial charge is 0.318 e. The molecular weight excluding hydrogens is 240 g/mol. The number of likely N-dealkylation sites (tertiary alicyclic amines) is 1. The minimum absolute atomic E-state index is 0.171. The Bertz CT molecular complexity index is 329. The predicted octanol–water partition coefficient (Wildman–Crippen LogP) is 0.474. The van der Waals surface area contributed by atoms with E-state index in [-0.39, 0.29) is 6.03 Å². The monoisotopic (exact) mass is 266 g/mol. The molecule has 3 rings (SSSR count). The molecule has 0 saturated carbocycles. The third-order valence-corrected chi connectivity index (χ3v) is 4.94. The van der Waals surface area contributed by atoms with E-state index in [4.69, 9.17) is 0 Å². The van der Waals surface area contributed by atoms with Crippen molar-refractivity contribution < 1.29 is 4.79 Å². The molecule has 5 nitrogen and oxygen atoms in total. The summed E-state index contributed by atoms with van der Waals surface area (Å²) in [6.07, 6.45) is 4.73. The number of hydrogen-bond acceptors (Lipinski definition) is 3. The molecule has 2 unspecified atom stereocenters. The number of carbonyl (C=O) groups is 1. The molecule has 2 atom stereocenters. The lowest BCUT2D eigenvalue weighted by Crippen LogP contribution is -2.45. The first-order valence-corrected chi connectivity index (χ1v) is 7.70. The van der Waals surface area contributed by atoms with Crippen LogP contribution in [0.25, 0.3) is 0 Å². The summed E-state index contributed by atoms with van der Waals surface area (Å²) in [5.74, 6) is 0.634. The third kappa shape index (κ3) is 2.87. The van der Waals surface area contributed by atoms with Gasteiger partial charge in [-0.05, 0) is 58.3 Å². The Kier molecular flexibility index (Phi) is 3.93. The molecule has 3 aliphatic heterocycles. The topological polar surface area (TPSA) is 47.6 Å². The summed E-state index contributed by atoms with van der Waals surface area (Å²) in [5, 5.41) is 6.60. The number of nitrogens with one attached hydrogen (secondary N) is 2. The van der Waals surface area contributed by atoms with Crippen LogP contribution in [0.2, 0.25) is 0 Å². The number of urea groups is 1. The van der Waals surface area contributed by atoms with Crippen molar-refractivity contribution in [1.29, 1.82) is 0 Å². The summed E-state index contributed by atoms with van der Waals surface area (Å²) in [6, 6.07) is 0.989. The van der Waals surface area contributed by atoms with Crippen molar-refractivity contribution in [3.8, 4) is 0 Å². The van der Waals surface area contributed by atoms with Crippen LogP contribution in [0, 0.1) is 5.92 Å². The van der Waals surface area contributed by atoms with Gasteiger partial charge in [-0.1, -0.05) is 0 Å². The van der Waals surface area contributed by atoms with Gasteiger partial charge in [0.1, 0.15) is 0 Å². The summed E-state index contributed by atoms with van der Waals surface area (Å²) >= 11 is 0.